The minimum Gasteiger partial charge on any atom is -0.313 e. The van der Waals surface area contributed by atoms with Crippen molar-refractivity contribution in [2.45, 2.75) is 65.8 Å². The van der Waals surface area contributed by atoms with Gasteiger partial charge in [-0.2, -0.15) is 0 Å². The molecule has 20 heavy (non-hydrogen) atoms. The van der Waals surface area contributed by atoms with Gasteiger partial charge >= 0.3 is 0 Å². The number of hydrogen-bond donors (Lipinski definition) is 1. The number of aryl methyl sites for hydroxylation is 1. The van der Waals surface area contributed by atoms with Gasteiger partial charge in [0.2, 0.25) is 0 Å². The van der Waals surface area contributed by atoms with Gasteiger partial charge in [-0.1, -0.05) is 27.2 Å². The lowest BCUT2D eigenvalue weighted by molar-refractivity contribution is 0.169. The summed E-state index contributed by atoms with van der Waals surface area (Å²) in [6.45, 7) is 10.3. The molecule has 0 bridgehead atoms. The molecular weight excluding hydrogens is 264 g/mol. The molecule has 1 aromatic rings. The first-order valence-electron chi connectivity index (χ1n) is 8.24. The van der Waals surface area contributed by atoms with Crippen LogP contribution in [0.1, 0.15) is 57.2 Å². The van der Waals surface area contributed by atoms with E-state index in [1.807, 2.05) is 0 Å². The van der Waals surface area contributed by atoms with Crippen molar-refractivity contribution in [3.8, 4) is 0 Å². The molecule has 2 rings (SSSR count). The lowest BCUT2D eigenvalue weighted by Crippen LogP contribution is -2.41. The highest BCUT2D eigenvalue weighted by Gasteiger charge is 2.30. The van der Waals surface area contributed by atoms with Crippen LogP contribution in [0.15, 0.2) is 5.38 Å². The van der Waals surface area contributed by atoms with Crippen LogP contribution in [-0.2, 0) is 6.42 Å². The van der Waals surface area contributed by atoms with Crippen LogP contribution >= 0.6 is 11.3 Å². The van der Waals surface area contributed by atoms with Crippen molar-refractivity contribution in [3.63, 3.8) is 0 Å². The Morgan fingerprint density at radius 2 is 2.15 bits per heavy atom. The highest BCUT2D eigenvalue weighted by atomic mass is 32.1. The molecule has 3 heteroatoms. The summed E-state index contributed by atoms with van der Waals surface area (Å²) in [6, 6.07) is 0.617. The van der Waals surface area contributed by atoms with E-state index in [9.17, 15) is 0 Å². The molecule has 0 radical (unpaired) electrons. The van der Waals surface area contributed by atoms with E-state index in [-0.39, 0.29) is 0 Å². The van der Waals surface area contributed by atoms with E-state index in [0.717, 1.165) is 30.7 Å². The average molecular weight is 295 g/mol. The molecule has 0 saturated heterocycles. The van der Waals surface area contributed by atoms with Crippen molar-refractivity contribution in [3.05, 3.63) is 16.1 Å². The average Bonchev–Trinajstić information content (AvgIpc) is 2.83. The summed E-state index contributed by atoms with van der Waals surface area (Å²) in [5, 5.41) is 7.23. The molecule has 1 aliphatic carbocycles. The maximum atomic E-state index is 4.67. The van der Waals surface area contributed by atoms with Crippen molar-refractivity contribution in [2.75, 3.05) is 6.54 Å². The van der Waals surface area contributed by atoms with E-state index in [0.29, 0.717) is 6.04 Å². The Morgan fingerprint density at radius 1 is 1.35 bits per heavy atom. The molecule has 1 saturated carbocycles. The Labute approximate surface area is 128 Å². The van der Waals surface area contributed by atoms with E-state index in [4.69, 9.17) is 0 Å². The zero-order chi connectivity index (χ0) is 14.5. The topological polar surface area (TPSA) is 24.9 Å². The highest BCUT2D eigenvalue weighted by Crippen LogP contribution is 2.35. The molecule has 0 aromatic carbocycles. The van der Waals surface area contributed by atoms with Crippen molar-refractivity contribution >= 4 is 11.3 Å². The maximum absolute atomic E-state index is 4.67. The zero-order valence-electron chi connectivity index (χ0n) is 13.5. The Kier molecular flexibility index (Phi) is 6.03. The molecule has 1 heterocycles. The van der Waals surface area contributed by atoms with Gasteiger partial charge in [0.05, 0.1) is 10.7 Å². The third kappa shape index (κ3) is 4.29. The molecule has 1 aromatic heterocycles. The summed E-state index contributed by atoms with van der Waals surface area (Å²) in [4.78, 5) is 4.67. The first kappa shape index (κ1) is 16.0. The van der Waals surface area contributed by atoms with Crippen LogP contribution in [0.5, 0.6) is 0 Å². The summed E-state index contributed by atoms with van der Waals surface area (Å²) in [6.07, 6.45) is 6.48. The molecule has 4 atom stereocenters. The summed E-state index contributed by atoms with van der Waals surface area (Å²) in [5.41, 5.74) is 1.28. The molecule has 1 fully saturated rings. The Bertz CT molecular complexity index is 401. The van der Waals surface area contributed by atoms with Crippen molar-refractivity contribution in [1.29, 1.82) is 0 Å². The quantitative estimate of drug-likeness (QED) is 0.839. The van der Waals surface area contributed by atoms with Gasteiger partial charge in [-0.15, -0.1) is 11.3 Å². The van der Waals surface area contributed by atoms with E-state index in [1.54, 1.807) is 11.3 Å². The molecule has 0 aliphatic heterocycles. The van der Waals surface area contributed by atoms with Crippen molar-refractivity contribution in [2.24, 2.45) is 17.8 Å². The molecule has 1 N–H and O–H groups in total. The van der Waals surface area contributed by atoms with E-state index >= 15 is 0 Å². The van der Waals surface area contributed by atoms with E-state index < -0.39 is 0 Å². The van der Waals surface area contributed by atoms with E-state index in [2.05, 4.69) is 43.4 Å². The molecule has 4 unspecified atom stereocenters. The normalized spacial score (nSPS) is 28.5. The highest BCUT2D eigenvalue weighted by molar-refractivity contribution is 7.09. The number of hydrogen-bond acceptors (Lipinski definition) is 3. The van der Waals surface area contributed by atoms with Gasteiger partial charge in [0.25, 0.3) is 0 Å². The second kappa shape index (κ2) is 7.56. The van der Waals surface area contributed by atoms with Gasteiger partial charge in [-0.05, 0) is 50.5 Å². The number of nitrogens with zero attached hydrogens (tertiary/aromatic N) is 1. The number of nitrogens with one attached hydrogen (secondary N) is 1. The molecule has 1 aliphatic rings. The second-order valence-corrected chi connectivity index (χ2v) is 7.71. The van der Waals surface area contributed by atoms with Crippen LogP contribution in [-0.4, -0.2) is 17.6 Å². The Balaban J connectivity index is 1.99. The maximum Gasteiger partial charge on any atom is 0.0897 e. The SMILES string of the molecule is CCCNC(Cc1csc(C)n1)C1CCC(C)C(C)C1. The minimum absolute atomic E-state index is 0.617. The van der Waals surface area contributed by atoms with Gasteiger partial charge in [0.15, 0.2) is 0 Å². The molecular formula is C17H30N2S. The largest absolute Gasteiger partial charge is 0.313 e. The summed E-state index contributed by atoms with van der Waals surface area (Å²) < 4.78 is 0. The first-order valence-corrected chi connectivity index (χ1v) is 9.12. The van der Waals surface area contributed by atoms with Crippen molar-refractivity contribution < 1.29 is 0 Å². The monoisotopic (exact) mass is 294 g/mol. The van der Waals surface area contributed by atoms with Gasteiger partial charge in [-0.25, -0.2) is 4.98 Å². The third-order valence-corrected chi connectivity index (χ3v) is 5.78. The van der Waals surface area contributed by atoms with Gasteiger partial charge in [0, 0.05) is 17.8 Å². The first-order chi connectivity index (χ1) is 9.60. The zero-order valence-corrected chi connectivity index (χ0v) is 14.3. The Hall–Kier alpha value is -0.410. The van der Waals surface area contributed by atoms with Crippen LogP contribution in [0.2, 0.25) is 0 Å². The molecule has 0 spiro atoms. The number of rotatable bonds is 6. The fourth-order valence-corrected chi connectivity index (χ4v) is 4.04. The van der Waals surface area contributed by atoms with Crippen LogP contribution < -0.4 is 5.32 Å². The lowest BCUT2D eigenvalue weighted by Gasteiger charge is -2.37. The number of aromatic nitrogens is 1. The fourth-order valence-electron chi connectivity index (χ4n) is 3.42. The minimum atomic E-state index is 0.617. The standard InChI is InChI=1S/C17H30N2S/c1-5-8-18-17(10-16-11-20-14(4)19-16)15-7-6-12(2)13(3)9-15/h11-13,15,17-18H,5-10H2,1-4H3. The molecule has 0 amide bonds. The van der Waals surface area contributed by atoms with Gasteiger partial charge in [0.1, 0.15) is 0 Å². The fraction of sp³-hybridized carbons (Fsp3) is 0.824. The second-order valence-electron chi connectivity index (χ2n) is 6.65. The molecule has 2 nitrogen and oxygen atoms in total. The number of thiazole rings is 1. The van der Waals surface area contributed by atoms with Crippen LogP contribution in [0.4, 0.5) is 0 Å². The van der Waals surface area contributed by atoms with Crippen LogP contribution in [0.25, 0.3) is 0 Å². The third-order valence-electron chi connectivity index (χ3n) is 4.96. The van der Waals surface area contributed by atoms with Gasteiger partial charge < -0.3 is 5.32 Å². The Morgan fingerprint density at radius 3 is 2.75 bits per heavy atom. The summed E-state index contributed by atoms with van der Waals surface area (Å²) in [5.74, 6) is 2.60. The lowest BCUT2D eigenvalue weighted by atomic mass is 9.72. The van der Waals surface area contributed by atoms with Crippen LogP contribution in [0, 0.1) is 24.7 Å². The smallest absolute Gasteiger partial charge is 0.0897 e. The van der Waals surface area contributed by atoms with Crippen LogP contribution in [0.3, 0.4) is 0 Å². The predicted octanol–water partition coefficient (Wildman–Crippen LogP) is 4.43. The summed E-state index contributed by atoms with van der Waals surface area (Å²) in [7, 11) is 0. The van der Waals surface area contributed by atoms with Crippen molar-refractivity contribution in [1.82, 2.24) is 10.3 Å². The predicted molar refractivity (Wildman–Crippen MR) is 88.3 cm³/mol. The molecule has 114 valence electrons. The van der Waals surface area contributed by atoms with Gasteiger partial charge in [-0.3, -0.25) is 0 Å². The van der Waals surface area contributed by atoms with E-state index in [1.165, 1.54) is 36.4 Å². The summed E-state index contributed by atoms with van der Waals surface area (Å²) >= 11 is 1.78.